The van der Waals surface area contributed by atoms with Gasteiger partial charge in [-0.15, -0.1) is 0 Å². The molecule has 102 valence electrons. The summed E-state index contributed by atoms with van der Waals surface area (Å²) >= 11 is 3.47. The minimum Gasteiger partial charge on any atom is -0.387 e. The lowest BCUT2D eigenvalue weighted by atomic mass is 9.77. The van der Waals surface area contributed by atoms with E-state index in [1.165, 1.54) is 0 Å². The largest absolute Gasteiger partial charge is 0.387 e. The standard InChI is InChI=1S/C16H20BrNO/c1-3-12-6-7-16(9-12,10-18)15(19)13-4-5-14(17)11(2)8-13/h4-5,8,12,15,19H,3,6-7,9H2,1-2H3. The number of benzene rings is 1. The molecule has 0 bridgehead atoms. The van der Waals surface area contributed by atoms with Crippen molar-refractivity contribution < 1.29 is 5.11 Å². The molecule has 1 aliphatic rings. The van der Waals surface area contributed by atoms with Crippen LogP contribution in [0.3, 0.4) is 0 Å². The third kappa shape index (κ3) is 2.70. The van der Waals surface area contributed by atoms with E-state index in [9.17, 15) is 10.4 Å². The Kier molecular flexibility index (Phi) is 4.32. The van der Waals surface area contributed by atoms with E-state index in [0.717, 1.165) is 41.3 Å². The summed E-state index contributed by atoms with van der Waals surface area (Å²) in [6, 6.07) is 8.26. The number of aliphatic hydroxyl groups is 1. The summed E-state index contributed by atoms with van der Waals surface area (Å²) < 4.78 is 1.03. The predicted octanol–water partition coefficient (Wildman–Crippen LogP) is 4.51. The number of rotatable bonds is 3. The van der Waals surface area contributed by atoms with Crippen molar-refractivity contribution in [1.82, 2.24) is 0 Å². The van der Waals surface area contributed by atoms with Gasteiger partial charge in [-0.2, -0.15) is 5.26 Å². The number of hydrogen-bond donors (Lipinski definition) is 1. The second-order valence-corrected chi connectivity index (χ2v) is 6.55. The zero-order chi connectivity index (χ0) is 14.0. The zero-order valence-electron chi connectivity index (χ0n) is 11.5. The van der Waals surface area contributed by atoms with Crippen LogP contribution >= 0.6 is 15.9 Å². The van der Waals surface area contributed by atoms with Gasteiger partial charge < -0.3 is 5.11 Å². The highest BCUT2D eigenvalue weighted by Crippen LogP contribution is 2.50. The SMILES string of the molecule is CCC1CCC(C#N)(C(O)c2ccc(Br)c(C)c2)C1. The molecule has 1 N–H and O–H groups in total. The van der Waals surface area contributed by atoms with Gasteiger partial charge in [0.15, 0.2) is 0 Å². The molecule has 3 atom stereocenters. The van der Waals surface area contributed by atoms with Crippen LogP contribution in [0.1, 0.15) is 49.8 Å². The number of aliphatic hydroxyl groups excluding tert-OH is 1. The Hall–Kier alpha value is -0.850. The van der Waals surface area contributed by atoms with Gasteiger partial charge in [0.25, 0.3) is 0 Å². The Labute approximate surface area is 123 Å². The Morgan fingerprint density at radius 2 is 2.32 bits per heavy atom. The fourth-order valence-corrected chi connectivity index (χ4v) is 3.34. The quantitative estimate of drug-likeness (QED) is 0.890. The van der Waals surface area contributed by atoms with Crippen LogP contribution in [-0.2, 0) is 0 Å². The fourth-order valence-electron chi connectivity index (χ4n) is 3.10. The lowest BCUT2D eigenvalue weighted by Crippen LogP contribution is -2.24. The first-order valence-corrected chi connectivity index (χ1v) is 7.67. The van der Waals surface area contributed by atoms with Crippen molar-refractivity contribution in [3.05, 3.63) is 33.8 Å². The van der Waals surface area contributed by atoms with Gasteiger partial charge in [0.05, 0.1) is 17.6 Å². The molecule has 0 saturated heterocycles. The van der Waals surface area contributed by atoms with Gasteiger partial charge in [-0.05, 0) is 49.3 Å². The number of halogens is 1. The Balaban J connectivity index is 2.29. The van der Waals surface area contributed by atoms with Crippen LogP contribution in [0.15, 0.2) is 22.7 Å². The van der Waals surface area contributed by atoms with Crippen LogP contribution in [0.25, 0.3) is 0 Å². The number of aryl methyl sites for hydroxylation is 1. The minimum absolute atomic E-state index is 0.575. The molecule has 0 heterocycles. The molecule has 3 heteroatoms. The molecule has 2 rings (SSSR count). The highest BCUT2D eigenvalue weighted by atomic mass is 79.9. The molecule has 2 nitrogen and oxygen atoms in total. The Bertz CT molecular complexity index is 508. The predicted molar refractivity (Wildman–Crippen MR) is 79.5 cm³/mol. The Morgan fingerprint density at radius 3 is 2.84 bits per heavy atom. The van der Waals surface area contributed by atoms with Crippen LogP contribution < -0.4 is 0 Å². The van der Waals surface area contributed by atoms with Crippen molar-refractivity contribution in [2.24, 2.45) is 11.3 Å². The summed E-state index contributed by atoms with van der Waals surface area (Å²) in [7, 11) is 0. The summed E-state index contributed by atoms with van der Waals surface area (Å²) in [4.78, 5) is 0. The van der Waals surface area contributed by atoms with Crippen LogP contribution in [0.2, 0.25) is 0 Å². The molecule has 1 aliphatic carbocycles. The number of nitrogens with zero attached hydrogens (tertiary/aromatic N) is 1. The molecule has 1 aromatic rings. The van der Waals surface area contributed by atoms with Crippen LogP contribution in [0.5, 0.6) is 0 Å². The van der Waals surface area contributed by atoms with E-state index in [1.807, 2.05) is 25.1 Å². The molecule has 1 fully saturated rings. The highest BCUT2D eigenvalue weighted by Gasteiger charge is 2.45. The number of nitriles is 1. The molecule has 1 saturated carbocycles. The van der Waals surface area contributed by atoms with Crippen LogP contribution in [-0.4, -0.2) is 5.11 Å². The third-order valence-corrected chi connectivity index (χ3v) is 5.36. The van der Waals surface area contributed by atoms with E-state index in [0.29, 0.717) is 5.92 Å². The summed E-state index contributed by atoms with van der Waals surface area (Å²) in [6.45, 7) is 4.16. The summed E-state index contributed by atoms with van der Waals surface area (Å²) in [5.41, 5.74) is 1.36. The van der Waals surface area contributed by atoms with Gasteiger partial charge in [0.1, 0.15) is 0 Å². The lowest BCUT2D eigenvalue weighted by Gasteiger charge is -2.28. The first-order valence-electron chi connectivity index (χ1n) is 6.88. The number of hydrogen-bond acceptors (Lipinski definition) is 2. The van der Waals surface area contributed by atoms with Gasteiger partial charge in [-0.1, -0.05) is 41.4 Å². The van der Waals surface area contributed by atoms with Crippen molar-refractivity contribution in [1.29, 1.82) is 5.26 Å². The normalized spacial score (nSPS) is 28.1. The molecule has 19 heavy (non-hydrogen) atoms. The Morgan fingerprint density at radius 1 is 1.58 bits per heavy atom. The van der Waals surface area contributed by atoms with E-state index in [-0.39, 0.29) is 0 Å². The van der Waals surface area contributed by atoms with E-state index in [1.54, 1.807) is 0 Å². The molecular formula is C16H20BrNO. The molecule has 1 aromatic carbocycles. The van der Waals surface area contributed by atoms with Crippen LogP contribution in [0.4, 0.5) is 0 Å². The second-order valence-electron chi connectivity index (χ2n) is 5.70. The first kappa shape index (κ1) is 14.6. The molecule has 0 aromatic heterocycles. The van der Waals surface area contributed by atoms with Crippen LogP contribution in [0, 0.1) is 29.6 Å². The van der Waals surface area contributed by atoms with Gasteiger partial charge in [-0.25, -0.2) is 0 Å². The monoisotopic (exact) mass is 321 g/mol. The first-order chi connectivity index (χ1) is 9.02. The van der Waals surface area contributed by atoms with Crippen molar-refractivity contribution in [3.63, 3.8) is 0 Å². The molecule has 0 radical (unpaired) electrons. The van der Waals surface area contributed by atoms with Crippen molar-refractivity contribution in [2.75, 3.05) is 0 Å². The average molecular weight is 322 g/mol. The summed E-state index contributed by atoms with van der Waals surface area (Å²) in [6.07, 6.45) is 3.08. The van der Waals surface area contributed by atoms with Gasteiger partial charge in [-0.3, -0.25) is 0 Å². The average Bonchev–Trinajstić information content (AvgIpc) is 2.86. The molecule has 0 amide bonds. The highest BCUT2D eigenvalue weighted by molar-refractivity contribution is 9.10. The van der Waals surface area contributed by atoms with Gasteiger partial charge in [0.2, 0.25) is 0 Å². The van der Waals surface area contributed by atoms with Crippen molar-refractivity contribution in [2.45, 2.75) is 45.6 Å². The fraction of sp³-hybridized carbons (Fsp3) is 0.562. The minimum atomic E-state index is -0.680. The maximum absolute atomic E-state index is 10.7. The third-order valence-electron chi connectivity index (χ3n) is 4.47. The molecular weight excluding hydrogens is 302 g/mol. The molecule has 0 spiro atoms. The molecule has 0 aliphatic heterocycles. The van der Waals surface area contributed by atoms with E-state index >= 15 is 0 Å². The summed E-state index contributed by atoms with van der Waals surface area (Å²) in [5.74, 6) is 0.575. The maximum Gasteiger partial charge on any atom is 0.0976 e. The van der Waals surface area contributed by atoms with Gasteiger partial charge >= 0.3 is 0 Å². The second kappa shape index (κ2) is 5.64. The van der Waals surface area contributed by atoms with Gasteiger partial charge in [0, 0.05) is 4.47 Å². The van der Waals surface area contributed by atoms with E-state index < -0.39 is 11.5 Å². The van der Waals surface area contributed by atoms with E-state index in [2.05, 4.69) is 28.9 Å². The lowest BCUT2D eigenvalue weighted by molar-refractivity contribution is 0.0640. The van der Waals surface area contributed by atoms with Crippen molar-refractivity contribution in [3.8, 4) is 6.07 Å². The van der Waals surface area contributed by atoms with E-state index in [4.69, 9.17) is 0 Å². The molecule has 3 unspecified atom stereocenters. The maximum atomic E-state index is 10.7. The smallest absolute Gasteiger partial charge is 0.0976 e. The van der Waals surface area contributed by atoms with Crippen molar-refractivity contribution >= 4 is 15.9 Å². The zero-order valence-corrected chi connectivity index (χ0v) is 13.1. The topological polar surface area (TPSA) is 44.0 Å². The summed E-state index contributed by atoms with van der Waals surface area (Å²) in [5, 5.41) is 20.2.